The number of benzene rings is 1. The van der Waals surface area contributed by atoms with E-state index < -0.39 is 11.8 Å². The van der Waals surface area contributed by atoms with Crippen LogP contribution in [0.3, 0.4) is 0 Å². The Morgan fingerprint density at radius 1 is 1.35 bits per heavy atom. The summed E-state index contributed by atoms with van der Waals surface area (Å²) < 4.78 is 18.9. The molecule has 0 unspecified atom stereocenters. The molecule has 1 fully saturated rings. The lowest BCUT2D eigenvalue weighted by Crippen LogP contribution is -2.24. The lowest BCUT2D eigenvalue weighted by molar-refractivity contribution is 0.00718. The van der Waals surface area contributed by atoms with E-state index in [9.17, 15) is 9.18 Å². The number of pyridine rings is 1. The summed E-state index contributed by atoms with van der Waals surface area (Å²) in [7, 11) is 0. The summed E-state index contributed by atoms with van der Waals surface area (Å²) >= 11 is 0. The predicted molar refractivity (Wildman–Crippen MR) is 88.6 cm³/mol. The van der Waals surface area contributed by atoms with E-state index in [2.05, 4.69) is 4.98 Å². The van der Waals surface area contributed by atoms with Crippen LogP contribution in [0.1, 0.15) is 37.6 Å². The highest BCUT2D eigenvalue weighted by Crippen LogP contribution is 2.28. The SMILES string of the molecule is CC(C)(C)OC(=O)c1ccnc2ccc(N3CC[C@@H](F)C3)cc12. The van der Waals surface area contributed by atoms with Gasteiger partial charge in [-0.2, -0.15) is 0 Å². The van der Waals surface area contributed by atoms with E-state index in [1.54, 1.807) is 12.3 Å². The number of fused-ring (bicyclic) bond motifs is 1. The number of anilines is 1. The second-order valence-electron chi connectivity index (χ2n) is 6.89. The molecule has 0 amide bonds. The molecule has 1 aromatic heterocycles. The number of aromatic nitrogens is 1. The van der Waals surface area contributed by atoms with Crippen molar-refractivity contribution in [2.24, 2.45) is 0 Å². The third-order valence-electron chi connectivity index (χ3n) is 3.84. The van der Waals surface area contributed by atoms with Crippen LogP contribution in [0, 0.1) is 0 Å². The first-order valence-corrected chi connectivity index (χ1v) is 7.84. The van der Waals surface area contributed by atoms with Crippen molar-refractivity contribution in [2.45, 2.75) is 39.0 Å². The molecule has 0 bridgehead atoms. The molecule has 0 N–H and O–H groups in total. The molecule has 1 saturated heterocycles. The average molecular weight is 316 g/mol. The van der Waals surface area contributed by atoms with Gasteiger partial charge in [-0.1, -0.05) is 0 Å². The molecule has 1 atom stereocenters. The second kappa shape index (κ2) is 5.80. The number of alkyl halides is 1. The Balaban J connectivity index is 2.00. The van der Waals surface area contributed by atoms with Crippen molar-refractivity contribution >= 4 is 22.6 Å². The quantitative estimate of drug-likeness (QED) is 0.792. The Labute approximate surface area is 135 Å². The monoisotopic (exact) mass is 316 g/mol. The van der Waals surface area contributed by atoms with Crippen LogP contribution >= 0.6 is 0 Å². The van der Waals surface area contributed by atoms with Gasteiger partial charge in [0.05, 0.1) is 11.1 Å². The maximum atomic E-state index is 13.4. The highest BCUT2D eigenvalue weighted by atomic mass is 19.1. The molecule has 2 heterocycles. The van der Waals surface area contributed by atoms with Crippen LogP contribution in [0.25, 0.3) is 10.9 Å². The van der Waals surface area contributed by atoms with Crippen LogP contribution in [0.5, 0.6) is 0 Å². The average Bonchev–Trinajstić information content (AvgIpc) is 2.91. The van der Waals surface area contributed by atoms with Crippen molar-refractivity contribution in [1.82, 2.24) is 4.98 Å². The van der Waals surface area contributed by atoms with Gasteiger partial charge in [0.25, 0.3) is 0 Å². The first kappa shape index (κ1) is 15.7. The van der Waals surface area contributed by atoms with Crippen LogP contribution in [-0.2, 0) is 4.74 Å². The Morgan fingerprint density at radius 3 is 2.78 bits per heavy atom. The highest BCUT2D eigenvalue weighted by Gasteiger charge is 2.23. The zero-order valence-electron chi connectivity index (χ0n) is 13.7. The number of hydrogen-bond acceptors (Lipinski definition) is 4. The maximum Gasteiger partial charge on any atom is 0.339 e. The fourth-order valence-corrected chi connectivity index (χ4v) is 2.79. The van der Waals surface area contributed by atoms with Crippen molar-refractivity contribution in [2.75, 3.05) is 18.0 Å². The minimum absolute atomic E-state index is 0.369. The van der Waals surface area contributed by atoms with Gasteiger partial charge in [0.15, 0.2) is 0 Å². The van der Waals surface area contributed by atoms with Crippen molar-refractivity contribution in [1.29, 1.82) is 0 Å². The predicted octanol–water partition coefficient (Wildman–Crippen LogP) is 3.74. The largest absolute Gasteiger partial charge is 0.456 e. The third-order valence-corrected chi connectivity index (χ3v) is 3.84. The van der Waals surface area contributed by atoms with E-state index in [4.69, 9.17) is 4.74 Å². The standard InChI is InChI=1S/C18H21FN2O2/c1-18(2,3)23-17(22)14-6-8-20-16-5-4-13(10-15(14)16)21-9-7-12(19)11-21/h4-6,8,10,12H,7,9,11H2,1-3H3/t12-/m1/s1. The minimum Gasteiger partial charge on any atom is -0.456 e. The van der Waals surface area contributed by atoms with E-state index in [1.807, 2.05) is 43.9 Å². The normalized spacial score (nSPS) is 18.4. The number of carbonyl (C=O) groups is 1. The molecule has 1 aliphatic heterocycles. The summed E-state index contributed by atoms with van der Waals surface area (Å²) in [5.74, 6) is -0.369. The molecule has 122 valence electrons. The number of halogens is 1. The molecule has 5 heteroatoms. The van der Waals surface area contributed by atoms with Crippen LogP contribution in [0.2, 0.25) is 0 Å². The lowest BCUT2D eigenvalue weighted by atomic mass is 10.1. The Bertz CT molecular complexity index is 739. The van der Waals surface area contributed by atoms with E-state index in [0.717, 1.165) is 16.6 Å². The van der Waals surface area contributed by atoms with Crippen molar-refractivity contribution in [3.63, 3.8) is 0 Å². The molecule has 2 aromatic rings. The molecule has 23 heavy (non-hydrogen) atoms. The molecule has 1 aliphatic rings. The summed E-state index contributed by atoms with van der Waals surface area (Å²) in [4.78, 5) is 18.7. The Hall–Kier alpha value is -2.17. The third kappa shape index (κ3) is 3.44. The van der Waals surface area contributed by atoms with Crippen molar-refractivity contribution < 1.29 is 13.9 Å². The summed E-state index contributed by atoms with van der Waals surface area (Å²) in [6, 6.07) is 7.36. The van der Waals surface area contributed by atoms with Crippen LogP contribution in [-0.4, -0.2) is 35.8 Å². The molecule has 0 aliphatic carbocycles. The number of rotatable bonds is 2. The molecule has 1 aromatic carbocycles. The Kier molecular flexibility index (Phi) is 3.96. The summed E-state index contributed by atoms with van der Waals surface area (Å²) in [5, 5.41) is 0.738. The summed E-state index contributed by atoms with van der Waals surface area (Å²) in [5.41, 5.74) is 1.58. The topological polar surface area (TPSA) is 42.4 Å². The van der Waals surface area contributed by atoms with E-state index >= 15 is 0 Å². The van der Waals surface area contributed by atoms with Crippen LogP contribution < -0.4 is 4.90 Å². The van der Waals surface area contributed by atoms with Gasteiger partial charge in [-0.05, 0) is 51.5 Å². The van der Waals surface area contributed by atoms with Gasteiger partial charge in [0.1, 0.15) is 11.8 Å². The molecule has 0 spiro atoms. The zero-order valence-corrected chi connectivity index (χ0v) is 13.7. The summed E-state index contributed by atoms with van der Waals surface area (Å²) in [6.45, 7) is 6.60. The molecule has 0 radical (unpaired) electrons. The number of nitrogens with zero attached hydrogens (tertiary/aromatic N) is 2. The molecular formula is C18H21FN2O2. The molecular weight excluding hydrogens is 295 g/mol. The smallest absolute Gasteiger partial charge is 0.339 e. The van der Waals surface area contributed by atoms with Gasteiger partial charge in [-0.15, -0.1) is 0 Å². The van der Waals surface area contributed by atoms with Gasteiger partial charge in [-0.25, -0.2) is 9.18 Å². The highest BCUT2D eigenvalue weighted by molar-refractivity contribution is 6.04. The molecule has 0 saturated carbocycles. The fraction of sp³-hybridized carbons (Fsp3) is 0.444. The van der Waals surface area contributed by atoms with Crippen molar-refractivity contribution in [3.8, 4) is 0 Å². The van der Waals surface area contributed by atoms with E-state index in [1.165, 1.54) is 0 Å². The first-order chi connectivity index (χ1) is 10.8. The number of carbonyl (C=O) groups excluding carboxylic acids is 1. The van der Waals surface area contributed by atoms with Crippen LogP contribution in [0.4, 0.5) is 10.1 Å². The molecule has 4 nitrogen and oxygen atoms in total. The van der Waals surface area contributed by atoms with Crippen LogP contribution in [0.15, 0.2) is 30.5 Å². The van der Waals surface area contributed by atoms with Gasteiger partial charge in [0.2, 0.25) is 0 Å². The van der Waals surface area contributed by atoms with Gasteiger partial charge >= 0.3 is 5.97 Å². The van der Waals surface area contributed by atoms with Crippen molar-refractivity contribution in [3.05, 3.63) is 36.0 Å². The summed E-state index contributed by atoms with van der Waals surface area (Å²) in [6.07, 6.45) is 1.36. The second-order valence-corrected chi connectivity index (χ2v) is 6.89. The minimum atomic E-state index is -0.787. The lowest BCUT2D eigenvalue weighted by Gasteiger charge is -2.21. The molecule has 3 rings (SSSR count). The van der Waals surface area contributed by atoms with E-state index in [-0.39, 0.29) is 5.97 Å². The Morgan fingerprint density at radius 2 is 2.13 bits per heavy atom. The number of ether oxygens (including phenoxy) is 1. The number of esters is 1. The first-order valence-electron chi connectivity index (χ1n) is 7.84. The maximum absolute atomic E-state index is 13.4. The van der Waals surface area contributed by atoms with E-state index in [0.29, 0.717) is 25.1 Å². The van der Waals surface area contributed by atoms with Gasteiger partial charge in [0, 0.05) is 30.4 Å². The number of hydrogen-bond donors (Lipinski definition) is 0. The van der Waals surface area contributed by atoms with Gasteiger partial charge in [-0.3, -0.25) is 4.98 Å². The zero-order chi connectivity index (χ0) is 16.6. The van der Waals surface area contributed by atoms with Gasteiger partial charge < -0.3 is 9.64 Å². The fourth-order valence-electron chi connectivity index (χ4n) is 2.79.